The van der Waals surface area contributed by atoms with Gasteiger partial charge in [0.25, 0.3) is 5.91 Å². The highest BCUT2D eigenvalue weighted by Crippen LogP contribution is 2.12. The summed E-state index contributed by atoms with van der Waals surface area (Å²) in [6.07, 6.45) is 0. The first-order valence-corrected chi connectivity index (χ1v) is 8.11. The monoisotopic (exact) mass is 298 g/mol. The summed E-state index contributed by atoms with van der Waals surface area (Å²) in [6.45, 7) is 7.92. The van der Waals surface area contributed by atoms with Crippen molar-refractivity contribution in [3.05, 3.63) is 29.8 Å². The van der Waals surface area contributed by atoms with E-state index in [9.17, 15) is 13.2 Å². The summed E-state index contributed by atoms with van der Waals surface area (Å²) in [4.78, 5) is 12.0. The standard InChI is InChI=1S/C14H22N2O3S/c1-10(2)9-15-20(18,19)13-7-5-6-12(8-13)14(17)16-11(3)4/h5-8,10-11,15H,9H2,1-4H3,(H,16,17). The van der Waals surface area contributed by atoms with Crippen LogP contribution in [0.25, 0.3) is 0 Å². The van der Waals surface area contributed by atoms with Crippen LogP contribution in [0.1, 0.15) is 38.1 Å². The molecular formula is C14H22N2O3S. The smallest absolute Gasteiger partial charge is 0.251 e. The van der Waals surface area contributed by atoms with Gasteiger partial charge in [0.05, 0.1) is 4.90 Å². The molecule has 0 spiro atoms. The molecule has 0 bridgehead atoms. The molecule has 0 heterocycles. The minimum atomic E-state index is -3.57. The van der Waals surface area contributed by atoms with E-state index in [1.807, 2.05) is 27.7 Å². The maximum absolute atomic E-state index is 12.1. The maximum atomic E-state index is 12.1. The Morgan fingerprint density at radius 3 is 2.40 bits per heavy atom. The van der Waals surface area contributed by atoms with Gasteiger partial charge in [-0.25, -0.2) is 13.1 Å². The molecule has 1 rings (SSSR count). The van der Waals surface area contributed by atoms with Crippen molar-refractivity contribution in [2.45, 2.75) is 38.6 Å². The Bertz CT molecular complexity index is 566. The molecule has 5 nitrogen and oxygen atoms in total. The summed E-state index contributed by atoms with van der Waals surface area (Å²) >= 11 is 0. The van der Waals surface area contributed by atoms with Crippen molar-refractivity contribution in [1.29, 1.82) is 0 Å². The van der Waals surface area contributed by atoms with Crippen LogP contribution in [0, 0.1) is 5.92 Å². The quantitative estimate of drug-likeness (QED) is 0.840. The van der Waals surface area contributed by atoms with Crippen LogP contribution < -0.4 is 10.0 Å². The second-order valence-electron chi connectivity index (χ2n) is 5.40. The first-order valence-electron chi connectivity index (χ1n) is 6.63. The second kappa shape index (κ2) is 6.85. The predicted molar refractivity (Wildman–Crippen MR) is 79.1 cm³/mol. The lowest BCUT2D eigenvalue weighted by molar-refractivity contribution is 0.0943. The lowest BCUT2D eigenvalue weighted by Gasteiger charge is -2.11. The Morgan fingerprint density at radius 1 is 1.20 bits per heavy atom. The summed E-state index contributed by atoms with van der Waals surface area (Å²) in [7, 11) is -3.57. The molecule has 6 heteroatoms. The van der Waals surface area contributed by atoms with Crippen LogP contribution in [0.5, 0.6) is 0 Å². The molecule has 0 fully saturated rings. The first-order chi connectivity index (χ1) is 9.22. The van der Waals surface area contributed by atoms with Crippen molar-refractivity contribution in [3.63, 3.8) is 0 Å². The molecule has 0 aliphatic heterocycles. The van der Waals surface area contributed by atoms with Crippen LogP contribution >= 0.6 is 0 Å². The molecule has 0 saturated carbocycles. The molecule has 0 aromatic heterocycles. The molecule has 0 aliphatic carbocycles. The summed E-state index contributed by atoms with van der Waals surface area (Å²) < 4.78 is 26.7. The first kappa shape index (κ1) is 16.7. The molecule has 0 saturated heterocycles. The van der Waals surface area contributed by atoms with E-state index < -0.39 is 10.0 Å². The van der Waals surface area contributed by atoms with Crippen molar-refractivity contribution < 1.29 is 13.2 Å². The second-order valence-corrected chi connectivity index (χ2v) is 7.17. The largest absolute Gasteiger partial charge is 0.350 e. The number of benzene rings is 1. The van der Waals surface area contributed by atoms with Gasteiger partial charge in [-0.15, -0.1) is 0 Å². The number of carbonyl (C=O) groups is 1. The predicted octanol–water partition coefficient (Wildman–Crippen LogP) is 1.76. The van der Waals surface area contributed by atoms with Gasteiger partial charge in [-0.05, 0) is 38.0 Å². The molecular weight excluding hydrogens is 276 g/mol. The van der Waals surface area contributed by atoms with Crippen LogP contribution in [0.15, 0.2) is 29.2 Å². The molecule has 0 unspecified atom stereocenters. The SMILES string of the molecule is CC(C)CNS(=O)(=O)c1cccc(C(=O)NC(C)C)c1. The van der Waals surface area contributed by atoms with E-state index in [4.69, 9.17) is 0 Å². The van der Waals surface area contributed by atoms with Gasteiger partial charge in [0, 0.05) is 18.2 Å². The lowest BCUT2D eigenvalue weighted by Crippen LogP contribution is -2.31. The average molecular weight is 298 g/mol. The topological polar surface area (TPSA) is 75.3 Å². The van der Waals surface area contributed by atoms with Crippen LogP contribution in [0.4, 0.5) is 0 Å². The third kappa shape index (κ3) is 4.94. The van der Waals surface area contributed by atoms with E-state index in [-0.39, 0.29) is 22.8 Å². The summed E-state index contributed by atoms with van der Waals surface area (Å²) in [5, 5.41) is 2.73. The molecule has 0 atom stereocenters. The molecule has 1 aromatic carbocycles. The molecule has 1 amide bonds. The van der Waals surface area contributed by atoms with Gasteiger partial charge in [-0.2, -0.15) is 0 Å². The zero-order valence-corrected chi connectivity index (χ0v) is 13.1. The molecule has 0 radical (unpaired) electrons. The zero-order valence-electron chi connectivity index (χ0n) is 12.3. The summed E-state index contributed by atoms with van der Waals surface area (Å²) in [5.74, 6) is -0.0573. The highest BCUT2D eigenvalue weighted by atomic mass is 32.2. The van der Waals surface area contributed by atoms with E-state index >= 15 is 0 Å². The minimum absolute atomic E-state index is 0.00169. The molecule has 20 heavy (non-hydrogen) atoms. The van der Waals surface area contributed by atoms with Gasteiger partial charge in [0.1, 0.15) is 0 Å². The molecule has 0 aliphatic rings. The van der Waals surface area contributed by atoms with Crippen molar-refractivity contribution in [3.8, 4) is 0 Å². The van der Waals surface area contributed by atoms with Crippen LogP contribution in [-0.2, 0) is 10.0 Å². The normalized spacial score (nSPS) is 11.9. The fraction of sp³-hybridized carbons (Fsp3) is 0.500. The Balaban J connectivity index is 2.95. The minimum Gasteiger partial charge on any atom is -0.350 e. The van der Waals surface area contributed by atoms with Gasteiger partial charge < -0.3 is 5.32 Å². The summed E-state index contributed by atoms with van der Waals surface area (Å²) in [6, 6.07) is 6.04. The molecule has 112 valence electrons. The Kier molecular flexibility index (Phi) is 5.71. The number of rotatable bonds is 6. The van der Waals surface area contributed by atoms with E-state index in [0.29, 0.717) is 12.1 Å². The van der Waals surface area contributed by atoms with Crippen LogP contribution in [0.3, 0.4) is 0 Å². The summed E-state index contributed by atoms with van der Waals surface area (Å²) in [5.41, 5.74) is 0.339. The Labute approximate surface area is 120 Å². The number of carbonyl (C=O) groups excluding carboxylic acids is 1. The maximum Gasteiger partial charge on any atom is 0.251 e. The van der Waals surface area contributed by atoms with E-state index in [1.165, 1.54) is 12.1 Å². The van der Waals surface area contributed by atoms with Crippen molar-refractivity contribution in [1.82, 2.24) is 10.0 Å². The van der Waals surface area contributed by atoms with E-state index in [1.54, 1.807) is 12.1 Å². The Hall–Kier alpha value is -1.40. The van der Waals surface area contributed by atoms with Gasteiger partial charge in [-0.1, -0.05) is 19.9 Å². The highest BCUT2D eigenvalue weighted by Gasteiger charge is 2.16. The number of nitrogens with one attached hydrogen (secondary N) is 2. The van der Waals surface area contributed by atoms with Crippen LogP contribution in [0.2, 0.25) is 0 Å². The zero-order chi connectivity index (χ0) is 15.3. The van der Waals surface area contributed by atoms with Crippen molar-refractivity contribution >= 4 is 15.9 Å². The van der Waals surface area contributed by atoms with Crippen molar-refractivity contribution in [2.24, 2.45) is 5.92 Å². The number of sulfonamides is 1. The van der Waals surface area contributed by atoms with E-state index in [0.717, 1.165) is 0 Å². The van der Waals surface area contributed by atoms with Gasteiger partial charge >= 0.3 is 0 Å². The van der Waals surface area contributed by atoms with Gasteiger partial charge in [-0.3, -0.25) is 4.79 Å². The fourth-order valence-corrected chi connectivity index (χ4v) is 2.77. The van der Waals surface area contributed by atoms with E-state index in [2.05, 4.69) is 10.0 Å². The molecule has 2 N–H and O–H groups in total. The lowest BCUT2D eigenvalue weighted by atomic mass is 10.2. The number of hydrogen-bond donors (Lipinski definition) is 2. The molecule has 1 aromatic rings. The fourth-order valence-electron chi connectivity index (χ4n) is 1.51. The highest BCUT2D eigenvalue weighted by molar-refractivity contribution is 7.89. The Morgan fingerprint density at radius 2 is 1.85 bits per heavy atom. The van der Waals surface area contributed by atoms with Crippen LogP contribution in [-0.4, -0.2) is 26.9 Å². The van der Waals surface area contributed by atoms with Gasteiger partial charge in [0.15, 0.2) is 0 Å². The third-order valence-corrected chi connectivity index (χ3v) is 3.93. The number of amides is 1. The number of hydrogen-bond acceptors (Lipinski definition) is 3. The third-order valence-electron chi connectivity index (χ3n) is 2.51. The van der Waals surface area contributed by atoms with Gasteiger partial charge in [0.2, 0.25) is 10.0 Å². The average Bonchev–Trinajstić information content (AvgIpc) is 2.36. The van der Waals surface area contributed by atoms with Crippen molar-refractivity contribution in [2.75, 3.05) is 6.54 Å².